The third-order valence-corrected chi connectivity index (χ3v) is 4.96. The fourth-order valence-corrected chi connectivity index (χ4v) is 3.37. The van der Waals surface area contributed by atoms with Gasteiger partial charge in [-0.1, -0.05) is 12.1 Å². The van der Waals surface area contributed by atoms with Crippen LogP contribution in [0.5, 0.6) is 0 Å². The van der Waals surface area contributed by atoms with E-state index in [1.165, 1.54) is 11.3 Å². The molecule has 2 amide bonds. The fourth-order valence-electron chi connectivity index (χ4n) is 2.82. The number of rotatable bonds is 5. The van der Waals surface area contributed by atoms with E-state index in [-0.39, 0.29) is 19.6 Å². The Labute approximate surface area is 159 Å². The van der Waals surface area contributed by atoms with Crippen molar-refractivity contribution in [1.29, 1.82) is 0 Å². The maximum atomic E-state index is 13.3. The van der Waals surface area contributed by atoms with Gasteiger partial charge in [-0.05, 0) is 23.6 Å². The molecule has 1 atom stereocenters. The van der Waals surface area contributed by atoms with Crippen LogP contribution in [0.1, 0.15) is 23.0 Å². The number of benzene rings is 1. The van der Waals surface area contributed by atoms with Crippen molar-refractivity contribution in [3.63, 3.8) is 0 Å². The summed E-state index contributed by atoms with van der Waals surface area (Å²) in [5, 5.41) is 16.8. The summed E-state index contributed by atoms with van der Waals surface area (Å²) in [4.78, 5) is 17.7. The number of nitrogens with zero attached hydrogens (tertiary/aromatic N) is 2. The minimum atomic E-state index is -2.67. The highest BCUT2D eigenvalue weighted by atomic mass is 32.1. The average Bonchev–Trinajstić information content (AvgIpc) is 3.25. The van der Waals surface area contributed by atoms with Gasteiger partial charge in [0, 0.05) is 24.0 Å². The third-order valence-electron chi connectivity index (χ3n) is 4.19. The normalized spacial score (nSPS) is 16.6. The zero-order valence-electron chi connectivity index (χ0n) is 14.3. The van der Waals surface area contributed by atoms with Gasteiger partial charge >= 0.3 is 6.03 Å². The van der Waals surface area contributed by atoms with E-state index in [4.69, 9.17) is 6.42 Å². The van der Waals surface area contributed by atoms with Crippen molar-refractivity contribution in [2.24, 2.45) is 0 Å². The molecule has 2 heterocycles. The van der Waals surface area contributed by atoms with Crippen molar-refractivity contribution in [1.82, 2.24) is 10.3 Å². The number of amides is 2. The molecule has 0 saturated carbocycles. The van der Waals surface area contributed by atoms with Crippen LogP contribution in [0, 0.1) is 12.3 Å². The number of anilines is 2. The molecule has 3 rings (SSSR count). The van der Waals surface area contributed by atoms with Crippen LogP contribution in [-0.2, 0) is 0 Å². The van der Waals surface area contributed by atoms with Crippen molar-refractivity contribution in [2.75, 3.05) is 29.9 Å². The number of carbonyl (C=O) groups excluding carboxylic acids is 1. The number of hydrogen-bond donors (Lipinski definition) is 3. The largest absolute Gasteiger partial charge is 0.394 e. The number of aliphatic hydroxyl groups excluding tert-OH is 1. The molecular formula is C18H18F2N4O2S. The van der Waals surface area contributed by atoms with Gasteiger partial charge in [-0.3, -0.25) is 5.32 Å². The van der Waals surface area contributed by atoms with Gasteiger partial charge in [0.25, 0.3) is 5.92 Å². The molecule has 1 saturated heterocycles. The first-order valence-electron chi connectivity index (χ1n) is 8.23. The summed E-state index contributed by atoms with van der Waals surface area (Å²) in [5.74, 6) is 0.0372. The molecular weight excluding hydrogens is 374 g/mol. The number of alkyl halides is 2. The number of terminal acetylenes is 1. The molecule has 6 nitrogen and oxygen atoms in total. The van der Waals surface area contributed by atoms with Crippen LogP contribution in [-0.4, -0.2) is 41.7 Å². The zero-order chi connectivity index (χ0) is 19.4. The zero-order valence-corrected chi connectivity index (χ0v) is 15.1. The summed E-state index contributed by atoms with van der Waals surface area (Å²) in [6, 6.07) is 5.63. The van der Waals surface area contributed by atoms with Crippen LogP contribution in [0.2, 0.25) is 0 Å². The predicted octanol–water partition coefficient (Wildman–Crippen LogP) is 2.82. The topological polar surface area (TPSA) is 77.5 Å². The molecule has 0 aliphatic carbocycles. The van der Waals surface area contributed by atoms with Gasteiger partial charge in [-0.15, -0.1) is 17.8 Å². The SMILES string of the molecule is C#Cc1nc(NC(=O)NC(CO)c2ccc(N3CCC(F)(F)C3)cc2)cs1. The summed E-state index contributed by atoms with van der Waals surface area (Å²) >= 11 is 1.23. The standard InChI is InChI=1S/C18H18F2N4O2S/c1-2-16-22-15(10-27-16)23-17(26)21-14(9-25)12-3-5-13(6-4-12)24-8-7-18(19,20)11-24/h1,3-6,10,14,25H,7-9,11H2,(H2,21,23,26). The minimum Gasteiger partial charge on any atom is -0.394 e. The van der Waals surface area contributed by atoms with E-state index >= 15 is 0 Å². The summed E-state index contributed by atoms with van der Waals surface area (Å²) in [5.41, 5.74) is 1.34. The average molecular weight is 392 g/mol. The van der Waals surface area contributed by atoms with Crippen LogP contribution in [0.15, 0.2) is 29.6 Å². The van der Waals surface area contributed by atoms with E-state index in [1.54, 1.807) is 34.5 Å². The number of hydrogen-bond acceptors (Lipinski definition) is 5. The molecule has 1 aromatic heterocycles. The second-order valence-corrected chi connectivity index (χ2v) is 6.99. The Hall–Kier alpha value is -2.70. The molecule has 1 unspecified atom stereocenters. The number of aliphatic hydroxyl groups is 1. The second kappa shape index (κ2) is 7.90. The van der Waals surface area contributed by atoms with Gasteiger partial charge in [0.05, 0.1) is 19.2 Å². The lowest BCUT2D eigenvalue weighted by Gasteiger charge is -2.21. The maximum absolute atomic E-state index is 13.3. The van der Waals surface area contributed by atoms with Gasteiger partial charge in [-0.2, -0.15) is 0 Å². The summed E-state index contributed by atoms with van der Waals surface area (Å²) in [7, 11) is 0. The Balaban J connectivity index is 1.61. The molecule has 1 aliphatic heterocycles. The monoisotopic (exact) mass is 392 g/mol. The Morgan fingerprint density at radius 3 is 2.74 bits per heavy atom. The van der Waals surface area contributed by atoms with Crippen LogP contribution >= 0.6 is 11.3 Å². The second-order valence-electron chi connectivity index (χ2n) is 6.13. The molecule has 9 heteroatoms. The van der Waals surface area contributed by atoms with Crippen molar-refractivity contribution in [3.8, 4) is 12.3 Å². The summed E-state index contributed by atoms with van der Waals surface area (Å²) < 4.78 is 26.7. The maximum Gasteiger partial charge on any atom is 0.320 e. The van der Waals surface area contributed by atoms with Gasteiger partial charge in [-0.25, -0.2) is 18.6 Å². The number of halogens is 2. The molecule has 27 heavy (non-hydrogen) atoms. The van der Waals surface area contributed by atoms with Crippen LogP contribution in [0.4, 0.5) is 25.1 Å². The molecule has 0 spiro atoms. The molecule has 1 aromatic carbocycles. The first-order valence-corrected chi connectivity index (χ1v) is 9.11. The Morgan fingerprint density at radius 1 is 1.44 bits per heavy atom. The number of aromatic nitrogens is 1. The summed E-state index contributed by atoms with van der Waals surface area (Å²) in [6.07, 6.45) is 5.08. The Kier molecular flexibility index (Phi) is 5.58. The quantitative estimate of drug-likeness (QED) is 0.684. The Morgan fingerprint density at radius 2 is 2.19 bits per heavy atom. The highest BCUT2D eigenvalue weighted by Gasteiger charge is 2.38. The lowest BCUT2D eigenvalue weighted by molar-refractivity contribution is 0.0257. The molecule has 2 aromatic rings. The van der Waals surface area contributed by atoms with Gasteiger partial charge < -0.3 is 15.3 Å². The van der Waals surface area contributed by atoms with Crippen molar-refractivity contribution >= 4 is 28.9 Å². The fraction of sp³-hybridized carbons (Fsp3) is 0.333. The van der Waals surface area contributed by atoms with Crippen LogP contribution < -0.4 is 15.5 Å². The smallest absolute Gasteiger partial charge is 0.320 e. The van der Waals surface area contributed by atoms with Crippen molar-refractivity contribution < 1.29 is 18.7 Å². The van der Waals surface area contributed by atoms with Gasteiger partial charge in [0.15, 0.2) is 5.01 Å². The van der Waals surface area contributed by atoms with Crippen LogP contribution in [0.3, 0.4) is 0 Å². The van der Waals surface area contributed by atoms with Crippen molar-refractivity contribution in [3.05, 3.63) is 40.2 Å². The molecule has 0 bridgehead atoms. The number of urea groups is 1. The van der Waals surface area contributed by atoms with Crippen LogP contribution in [0.25, 0.3) is 0 Å². The molecule has 0 radical (unpaired) electrons. The number of nitrogens with one attached hydrogen (secondary N) is 2. The molecule has 142 valence electrons. The van der Waals surface area contributed by atoms with E-state index in [0.717, 1.165) is 0 Å². The van der Waals surface area contributed by atoms with E-state index in [0.29, 0.717) is 28.6 Å². The number of carbonyl (C=O) groups is 1. The van der Waals surface area contributed by atoms with Gasteiger partial charge in [0.1, 0.15) is 5.82 Å². The first-order chi connectivity index (χ1) is 12.9. The lowest BCUT2D eigenvalue weighted by atomic mass is 10.1. The first kappa shape index (κ1) is 19.1. The molecule has 1 aliphatic rings. The lowest BCUT2D eigenvalue weighted by Crippen LogP contribution is -2.34. The summed E-state index contributed by atoms with van der Waals surface area (Å²) in [6.45, 7) is -0.325. The number of thiazole rings is 1. The predicted molar refractivity (Wildman–Crippen MR) is 100 cm³/mol. The Bertz CT molecular complexity index is 848. The van der Waals surface area contributed by atoms with Crippen molar-refractivity contribution in [2.45, 2.75) is 18.4 Å². The molecule has 1 fully saturated rings. The minimum absolute atomic E-state index is 0.159. The van der Waals surface area contributed by atoms with Gasteiger partial charge in [0.2, 0.25) is 0 Å². The highest BCUT2D eigenvalue weighted by Crippen LogP contribution is 2.31. The highest BCUT2D eigenvalue weighted by molar-refractivity contribution is 7.10. The van der Waals surface area contributed by atoms with E-state index in [9.17, 15) is 18.7 Å². The molecule has 3 N–H and O–H groups in total. The third kappa shape index (κ3) is 4.72. The van der Waals surface area contributed by atoms with E-state index in [2.05, 4.69) is 21.5 Å². The van der Waals surface area contributed by atoms with E-state index < -0.39 is 18.0 Å². The van der Waals surface area contributed by atoms with E-state index in [1.807, 2.05) is 0 Å².